The average Bonchev–Trinajstić information content (AvgIpc) is 3.79. The van der Waals surface area contributed by atoms with Crippen LogP contribution < -0.4 is 10.2 Å². The molecule has 4 aliphatic heterocycles. The Hall–Kier alpha value is -4.85. The van der Waals surface area contributed by atoms with Crippen molar-refractivity contribution in [2.45, 2.75) is 58.3 Å². The maximum absolute atomic E-state index is 15.7. The van der Waals surface area contributed by atoms with Gasteiger partial charge in [-0.15, -0.1) is 11.3 Å². The lowest BCUT2D eigenvalue weighted by Gasteiger charge is -2.60. The molecule has 0 saturated carbocycles. The lowest BCUT2D eigenvalue weighted by Crippen LogP contribution is -2.73. The number of benzene rings is 1. The standard InChI is InChI=1S/C34H35FN8O4S.H2/c1-33(2,3)47-32(46)42-17-34(18-42)15-41(16-34)21-6-7-25(37-13-21)20-11-22-23(24(35)12-20)14-43(30(22)45)28(29(44)39-31-36-8-10-48-31)27-26-5-4-9-40(26)19-38-27;/h6-8,10-13,19,28H,4-5,9,14-18H2,1-3H3,(H,36,39,44);1H. The second-order valence-electron chi connectivity index (χ2n) is 14.1. The summed E-state index contributed by atoms with van der Waals surface area (Å²) in [6, 6.07) is 5.78. The van der Waals surface area contributed by atoms with E-state index in [2.05, 4.69) is 25.2 Å². The first-order valence-electron chi connectivity index (χ1n) is 16.0. The number of hydrogen-bond donors (Lipinski definition) is 1. The third-order valence-corrected chi connectivity index (χ3v) is 10.1. The predicted octanol–water partition coefficient (Wildman–Crippen LogP) is 5.13. The van der Waals surface area contributed by atoms with E-state index in [9.17, 15) is 14.4 Å². The minimum Gasteiger partial charge on any atom is -0.444 e. The van der Waals surface area contributed by atoms with E-state index in [4.69, 9.17) is 4.74 Å². The predicted molar refractivity (Wildman–Crippen MR) is 178 cm³/mol. The lowest BCUT2D eigenvalue weighted by atomic mass is 9.73. The molecule has 4 aliphatic rings. The molecule has 0 radical (unpaired) electrons. The van der Waals surface area contributed by atoms with Crippen LogP contribution in [0.4, 0.5) is 20.0 Å². The Morgan fingerprint density at radius 3 is 2.65 bits per heavy atom. The Bertz CT molecular complexity index is 1930. The van der Waals surface area contributed by atoms with Crippen LogP contribution in [0.2, 0.25) is 0 Å². The summed E-state index contributed by atoms with van der Waals surface area (Å²) < 4.78 is 23.2. The normalized spacial score (nSPS) is 18.3. The van der Waals surface area contributed by atoms with E-state index < -0.39 is 29.3 Å². The number of thiazole rings is 1. The number of carbonyl (C=O) groups is 3. The van der Waals surface area contributed by atoms with Gasteiger partial charge in [0.1, 0.15) is 11.4 Å². The first-order chi connectivity index (χ1) is 23.0. The van der Waals surface area contributed by atoms with Crippen LogP contribution in [0.25, 0.3) is 11.3 Å². The first-order valence-corrected chi connectivity index (χ1v) is 16.9. The van der Waals surface area contributed by atoms with E-state index in [1.807, 2.05) is 37.5 Å². The highest BCUT2D eigenvalue weighted by molar-refractivity contribution is 7.13. The molecule has 1 unspecified atom stereocenters. The molecule has 14 heteroatoms. The molecule has 2 saturated heterocycles. The van der Waals surface area contributed by atoms with Crippen LogP contribution in [0.1, 0.15) is 62.0 Å². The summed E-state index contributed by atoms with van der Waals surface area (Å²) in [6.45, 7) is 9.28. The second kappa shape index (κ2) is 11.1. The van der Waals surface area contributed by atoms with Crippen molar-refractivity contribution in [1.29, 1.82) is 0 Å². The zero-order valence-corrected chi connectivity index (χ0v) is 27.7. The van der Waals surface area contributed by atoms with E-state index in [0.717, 1.165) is 43.9 Å². The van der Waals surface area contributed by atoms with E-state index in [1.165, 1.54) is 22.3 Å². The SMILES string of the molecule is CC(C)(C)OC(=O)N1CC2(C1)CN(c1ccc(-c3cc(F)c4c(c3)C(=O)N(C(C(=O)Nc3nccs3)c3ncn5c3CCC5)C4)nc1)C2.[HH]. The van der Waals surface area contributed by atoms with Crippen LogP contribution in [0.3, 0.4) is 0 Å². The van der Waals surface area contributed by atoms with Gasteiger partial charge in [-0.1, -0.05) is 0 Å². The van der Waals surface area contributed by atoms with Gasteiger partial charge in [-0.05, 0) is 57.9 Å². The molecule has 48 heavy (non-hydrogen) atoms. The third kappa shape index (κ3) is 5.27. The zero-order chi connectivity index (χ0) is 33.4. The summed E-state index contributed by atoms with van der Waals surface area (Å²) in [6.07, 6.45) is 6.44. The number of amides is 3. The van der Waals surface area contributed by atoms with Crippen molar-refractivity contribution in [3.05, 3.63) is 76.7 Å². The Morgan fingerprint density at radius 2 is 1.94 bits per heavy atom. The number of ether oxygens (including phenoxy) is 1. The molecule has 1 spiro atoms. The van der Waals surface area contributed by atoms with Gasteiger partial charge in [-0.2, -0.15) is 0 Å². The summed E-state index contributed by atoms with van der Waals surface area (Å²) in [7, 11) is 0. The first kappa shape index (κ1) is 30.5. The topological polar surface area (TPSA) is 126 Å². The van der Waals surface area contributed by atoms with Crippen LogP contribution in [-0.2, 0) is 29.0 Å². The number of nitrogens with one attached hydrogen (secondary N) is 1. The minimum absolute atomic E-state index is 0. The fraction of sp³-hybridized carbons (Fsp3) is 0.412. The molecule has 12 nitrogen and oxygen atoms in total. The highest BCUT2D eigenvalue weighted by Crippen LogP contribution is 2.43. The number of anilines is 2. The molecule has 1 aromatic carbocycles. The number of halogens is 1. The number of aryl methyl sites for hydroxylation is 1. The minimum atomic E-state index is -1.05. The van der Waals surface area contributed by atoms with Gasteiger partial charge in [-0.25, -0.2) is 19.2 Å². The summed E-state index contributed by atoms with van der Waals surface area (Å²) >= 11 is 1.28. The van der Waals surface area contributed by atoms with Crippen LogP contribution in [0, 0.1) is 11.2 Å². The third-order valence-electron chi connectivity index (χ3n) is 9.45. The Balaban J connectivity index is 0.00000378. The molecule has 7 heterocycles. The number of carbonyl (C=O) groups excluding carboxylic acids is 3. The van der Waals surface area contributed by atoms with Crippen molar-refractivity contribution >= 4 is 40.1 Å². The van der Waals surface area contributed by atoms with Crippen LogP contribution >= 0.6 is 11.3 Å². The van der Waals surface area contributed by atoms with Crippen LogP contribution in [0.5, 0.6) is 0 Å². The van der Waals surface area contributed by atoms with Crippen molar-refractivity contribution in [2.24, 2.45) is 5.41 Å². The molecule has 1 N–H and O–H groups in total. The number of likely N-dealkylation sites (tertiary alicyclic amines) is 1. The lowest BCUT2D eigenvalue weighted by molar-refractivity contribution is -0.121. The summed E-state index contributed by atoms with van der Waals surface area (Å²) in [4.78, 5) is 58.7. The van der Waals surface area contributed by atoms with Crippen LogP contribution in [0.15, 0.2) is 48.4 Å². The number of hydrogen-bond acceptors (Lipinski definition) is 9. The molecule has 8 rings (SSSR count). The zero-order valence-electron chi connectivity index (χ0n) is 26.9. The maximum Gasteiger partial charge on any atom is 0.410 e. The van der Waals surface area contributed by atoms with Gasteiger partial charge in [0.2, 0.25) is 0 Å². The van der Waals surface area contributed by atoms with Crippen molar-refractivity contribution in [2.75, 3.05) is 36.4 Å². The molecule has 0 bridgehead atoms. The van der Waals surface area contributed by atoms with Gasteiger partial charge in [-0.3, -0.25) is 19.9 Å². The molecule has 4 aromatic rings. The van der Waals surface area contributed by atoms with E-state index in [1.54, 1.807) is 35.1 Å². The number of fused-ring (bicyclic) bond motifs is 2. The van der Waals surface area contributed by atoms with E-state index in [0.29, 0.717) is 35.2 Å². The van der Waals surface area contributed by atoms with E-state index >= 15 is 4.39 Å². The number of rotatable bonds is 6. The van der Waals surface area contributed by atoms with Gasteiger partial charge in [0.05, 0.1) is 36.1 Å². The van der Waals surface area contributed by atoms with Gasteiger partial charge in [0.15, 0.2) is 11.2 Å². The fourth-order valence-electron chi connectivity index (χ4n) is 7.26. The van der Waals surface area contributed by atoms with Crippen LogP contribution in [-0.4, -0.2) is 79.0 Å². The van der Waals surface area contributed by atoms with Crippen molar-refractivity contribution in [1.82, 2.24) is 29.3 Å². The average molecular weight is 673 g/mol. The monoisotopic (exact) mass is 672 g/mol. The molecule has 3 aromatic heterocycles. The molecular formula is C34H37FN8O4S. The van der Waals surface area contributed by atoms with Crippen molar-refractivity contribution in [3.8, 4) is 11.3 Å². The quantitative estimate of drug-likeness (QED) is 0.299. The van der Waals surface area contributed by atoms with Crippen molar-refractivity contribution in [3.63, 3.8) is 0 Å². The molecular weight excluding hydrogens is 635 g/mol. The molecule has 2 fully saturated rings. The number of pyridine rings is 1. The molecule has 0 aliphatic carbocycles. The maximum atomic E-state index is 15.7. The Labute approximate surface area is 282 Å². The molecule has 250 valence electrons. The largest absolute Gasteiger partial charge is 0.444 e. The van der Waals surface area contributed by atoms with Gasteiger partial charge < -0.3 is 24.0 Å². The van der Waals surface area contributed by atoms with E-state index in [-0.39, 0.29) is 30.6 Å². The smallest absolute Gasteiger partial charge is 0.410 e. The highest BCUT2D eigenvalue weighted by atomic mass is 32.1. The van der Waals surface area contributed by atoms with Gasteiger partial charge in [0.25, 0.3) is 11.8 Å². The Kier molecular flexibility index (Phi) is 7.06. The van der Waals surface area contributed by atoms with Gasteiger partial charge >= 0.3 is 6.09 Å². The number of aromatic nitrogens is 4. The van der Waals surface area contributed by atoms with Crippen molar-refractivity contribution < 1.29 is 24.9 Å². The number of nitrogens with zero attached hydrogens (tertiary/aromatic N) is 7. The van der Waals surface area contributed by atoms with Gasteiger partial charge in [0, 0.05) is 73.5 Å². The number of imidazole rings is 1. The molecule has 1 atom stereocenters. The summed E-state index contributed by atoms with van der Waals surface area (Å²) in [5.74, 6) is -1.40. The highest BCUT2D eigenvalue weighted by Gasteiger charge is 2.54. The second-order valence-corrected chi connectivity index (χ2v) is 15.0. The summed E-state index contributed by atoms with van der Waals surface area (Å²) in [5.41, 5.74) is 3.37. The fourth-order valence-corrected chi connectivity index (χ4v) is 7.79. The summed E-state index contributed by atoms with van der Waals surface area (Å²) in [5, 5.41) is 4.99. The Morgan fingerprint density at radius 1 is 1.12 bits per heavy atom. The molecule has 3 amide bonds.